The van der Waals surface area contributed by atoms with Crippen molar-refractivity contribution >= 4 is 23.1 Å². The fourth-order valence-corrected chi connectivity index (χ4v) is 3.64. The second kappa shape index (κ2) is 6.42. The molecule has 2 rings (SSSR count). The number of hydrogen-bond donors (Lipinski definition) is 1. The number of thiocarbonyl (C=S) groups is 1. The quantitative estimate of drug-likeness (QED) is 0.625. The van der Waals surface area contributed by atoms with E-state index >= 15 is 0 Å². The molecule has 0 spiro atoms. The van der Waals surface area contributed by atoms with E-state index in [9.17, 15) is 4.79 Å². The van der Waals surface area contributed by atoms with Gasteiger partial charge in [0.1, 0.15) is 0 Å². The summed E-state index contributed by atoms with van der Waals surface area (Å²) < 4.78 is 0. The molecule has 2 saturated carbocycles. The molecule has 2 fully saturated rings. The van der Waals surface area contributed by atoms with Gasteiger partial charge in [-0.15, -0.1) is 0 Å². The van der Waals surface area contributed by atoms with Gasteiger partial charge >= 0.3 is 0 Å². The fraction of sp³-hybridized carbons (Fsp3) is 0.875. The van der Waals surface area contributed by atoms with Gasteiger partial charge in [-0.25, -0.2) is 0 Å². The molecule has 0 bridgehead atoms. The van der Waals surface area contributed by atoms with Crippen LogP contribution in [-0.4, -0.2) is 28.4 Å². The number of rotatable bonds is 5. The number of amides is 1. The molecule has 20 heavy (non-hydrogen) atoms. The summed E-state index contributed by atoms with van der Waals surface area (Å²) in [6.07, 6.45) is 8.53. The predicted octanol–water partition coefficient (Wildman–Crippen LogP) is 3.26. The van der Waals surface area contributed by atoms with Gasteiger partial charge in [0.05, 0.1) is 10.4 Å². The van der Waals surface area contributed by atoms with E-state index in [4.69, 9.17) is 18.0 Å². The Morgan fingerprint density at radius 1 is 1.25 bits per heavy atom. The minimum Gasteiger partial charge on any atom is -0.392 e. The van der Waals surface area contributed by atoms with Gasteiger partial charge in [-0.3, -0.25) is 4.79 Å². The topological polar surface area (TPSA) is 46.3 Å². The van der Waals surface area contributed by atoms with E-state index in [0.717, 1.165) is 45.1 Å². The fourth-order valence-electron chi connectivity index (χ4n) is 3.35. The number of carbonyl (C=O) groups is 1. The number of nitrogens with zero attached hydrogens (tertiary/aromatic N) is 1. The zero-order valence-corrected chi connectivity index (χ0v) is 13.7. The summed E-state index contributed by atoms with van der Waals surface area (Å²) in [5, 5.41) is 0. The van der Waals surface area contributed by atoms with Crippen LogP contribution in [-0.2, 0) is 4.79 Å². The van der Waals surface area contributed by atoms with Crippen molar-refractivity contribution in [1.29, 1.82) is 0 Å². The molecule has 0 aromatic carbocycles. The molecule has 0 unspecified atom stereocenters. The Morgan fingerprint density at radius 2 is 1.80 bits per heavy atom. The van der Waals surface area contributed by atoms with Crippen LogP contribution in [0.5, 0.6) is 0 Å². The molecular weight excluding hydrogens is 268 g/mol. The molecule has 2 aliphatic carbocycles. The Morgan fingerprint density at radius 3 is 2.20 bits per heavy atom. The molecule has 1 amide bonds. The first-order valence-corrected chi connectivity index (χ1v) is 8.49. The first kappa shape index (κ1) is 15.7. The minimum atomic E-state index is -0.552. The Bertz CT molecular complexity index is 369. The Labute approximate surface area is 128 Å². The summed E-state index contributed by atoms with van der Waals surface area (Å²) in [6, 6.07) is 0.444. The SMILES string of the molecule is CC(C)CN(C(=O)C1(C(N)=S)CCCCCC1)C1CC1. The average molecular weight is 296 g/mol. The summed E-state index contributed by atoms with van der Waals surface area (Å²) >= 11 is 5.33. The van der Waals surface area contributed by atoms with E-state index in [1.165, 1.54) is 12.8 Å². The highest BCUT2D eigenvalue weighted by Crippen LogP contribution is 2.40. The third kappa shape index (κ3) is 3.33. The maximum absolute atomic E-state index is 13.2. The molecule has 2 N–H and O–H groups in total. The Balaban J connectivity index is 2.21. The Hall–Kier alpha value is -0.640. The van der Waals surface area contributed by atoms with Crippen LogP contribution in [0.1, 0.15) is 65.2 Å². The van der Waals surface area contributed by atoms with Crippen molar-refractivity contribution in [2.24, 2.45) is 17.1 Å². The van der Waals surface area contributed by atoms with Gasteiger partial charge in [0.25, 0.3) is 0 Å². The molecule has 0 aromatic rings. The van der Waals surface area contributed by atoms with Crippen molar-refractivity contribution in [2.45, 2.75) is 71.3 Å². The summed E-state index contributed by atoms with van der Waals surface area (Å²) in [5.74, 6) is 0.719. The lowest BCUT2D eigenvalue weighted by atomic mass is 9.78. The average Bonchev–Trinajstić information content (AvgIpc) is 3.21. The van der Waals surface area contributed by atoms with Gasteiger partial charge in [0.15, 0.2) is 0 Å². The van der Waals surface area contributed by atoms with Crippen LogP contribution in [0.2, 0.25) is 0 Å². The molecule has 0 aliphatic heterocycles. The van der Waals surface area contributed by atoms with Gasteiger partial charge < -0.3 is 10.6 Å². The summed E-state index contributed by atoms with van der Waals surface area (Å²) in [6.45, 7) is 5.18. The highest BCUT2D eigenvalue weighted by molar-refractivity contribution is 7.80. The molecule has 0 atom stereocenters. The normalized spacial score (nSPS) is 22.4. The standard InChI is InChI=1S/C16H28N2OS/c1-12(2)11-18(13-7-8-13)15(19)16(14(17)20)9-5-3-4-6-10-16/h12-13H,3-11H2,1-2H3,(H2,17,20). The lowest BCUT2D eigenvalue weighted by Crippen LogP contribution is -2.52. The maximum atomic E-state index is 13.2. The van der Waals surface area contributed by atoms with Crippen molar-refractivity contribution < 1.29 is 4.79 Å². The van der Waals surface area contributed by atoms with Crippen molar-refractivity contribution in [3.05, 3.63) is 0 Å². The van der Waals surface area contributed by atoms with E-state index in [2.05, 4.69) is 18.7 Å². The monoisotopic (exact) mass is 296 g/mol. The smallest absolute Gasteiger partial charge is 0.235 e. The number of hydrogen-bond acceptors (Lipinski definition) is 2. The van der Waals surface area contributed by atoms with E-state index < -0.39 is 5.41 Å². The molecule has 0 heterocycles. The van der Waals surface area contributed by atoms with E-state index in [1.54, 1.807) is 0 Å². The number of carbonyl (C=O) groups excluding carboxylic acids is 1. The summed E-state index contributed by atoms with van der Waals surface area (Å²) in [5.41, 5.74) is 5.49. The third-order valence-corrected chi connectivity index (χ3v) is 5.04. The van der Waals surface area contributed by atoms with Crippen LogP contribution in [0.3, 0.4) is 0 Å². The maximum Gasteiger partial charge on any atom is 0.235 e. The van der Waals surface area contributed by atoms with E-state index in [-0.39, 0.29) is 5.91 Å². The van der Waals surface area contributed by atoms with Gasteiger partial charge in [-0.05, 0) is 31.6 Å². The van der Waals surface area contributed by atoms with Crippen LogP contribution in [0.15, 0.2) is 0 Å². The molecule has 3 nitrogen and oxygen atoms in total. The molecule has 4 heteroatoms. The lowest BCUT2D eigenvalue weighted by Gasteiger charge is -2.37. The molecule has 0 radical (unpaired) electrons. The minimum absolute atomic E-state index is 0.225. The van der Waals surface area contributed by atoms with Crippen LogP contribution >= 0.6 is 12.2 Å². The highest BCUT2D eigenvalue weighted by atomic mass is 32.1. The van der Waals surface area contributed by atoms with E-state index in [0.29, 0.717) is 16.9 Å². The second-order valence-corrected chi connectivity index (χ2v) is 7.38. The van der Waals surface area contributed by atoms with Crippen LogP contribution in [0, 0.1) is 11.3 Å². The van der Waals surface area contributed by atoms with Crippen LogP contribution in [0.4, 0.5) is 0 Å². The molecule has 114 valence electrons. The second-order valence-electron chi connectivity index (χ2n) is 6.94. The lowest BCUT2D eigenvalue weighted by molar-refractivity contribution is -0.140. The summed E-state index contributed by atoms with van der Waals surface area (Å²) in [4.78, 5) is 15.7. The zero-order valence-electron chi connectivity index (χ0n) is 12.9. The van der Waals surface area contributed by atoms with Crippen molar-refractivity contribution in [2.75, 3.05) is 6.54 Å². The van der Waals surface area contributed by atoms with Gasteiger partial charge in [-0.1, -0.05) is 51.7 Å². The van der Waals surface area contributed by atoms with Gasteiger partial charge in [0, 0.05) is 12.6 Å². The van der Waals surface area contributed by atoms with Crippen molar-refractivity contribution in [3.8, 4) is 0 Å². The molecule has 0 aromatic heterocycles. The van der Waals surface area contributed by atoms with Crippen LogP contribution in [0.25, 0.3) is 0 Å². The molecular formula is C16H28N2OS. The van der Waals surface area contributed by atoms with E-state index in [1.807, 2.05) is 0 Å². The molecule has 0 saturated heterocycles. The van der Waals surface area contributed by atoms with Crippen molar-refractivity contribution in [1.82, 2.24) is 4.90 Å². The van der Waals surface area contributed by atoms with Gasteiger partial charge in [-0.2, -0.15) is 0 Å². The molecule has 2 aliphatic rings. The number of nitrogens with two attached hydrogens (primary N) is 1. The zero-order chi connectivity index (χ0) is 14.8. The first-order chi connectivity index (χ1) is 9.47. The van der Waals surface area contributed by atoms with Gasteiger partial charge in [0.2, 0.25) is 5.91 Å². The first-order valence-electron chi connectivity index (χ1n) is 8.08. The highest BCUT2D eigenvalue weighted by Gasteiger charge is 2.47. The summed E-state index contributed by atoms with van der Waals surface area (Å²) in [7, 11) is 0. The third-order valence-electron chi connectivity index (χ3n) is 4.65. The Kier molecular flexibility index (Phi) is 5.05. The largest absolute Gasteiger partial charge is 0.392 e. The van der Waals surface area contributed by atoms with Crippen molar-refractivity contribution in [3.63, 3.8) is 0 Å². The predicted molar refractivity (Wildman–Crippen MR) is 86.5 cm³/mol. The van der Waals surface area contributed by atoms with Crippen LogP contribution < -0.4 is 5.73 Å².